The first-order valence-corrected chi connectivity index (χ1v) is 6.86. The minimum Gasteiger partial charge on any atom is -0.478 e. The summed E-state index contributed by atoms with van der Waals surface area (Å²) in [5.74, 6) is -0.379. The number of nitrogens with zero attached hydrogens (tertiary/aromatic N) is 2. The molecule has 6 heteroatoms. The van der Waals surface area contributed by atoms with Gasteiger partial charge in [-0.15, -0.1) is 11.3 Å². The van der Waals surface area contributed by atoms with Crippen molar-refractivity contribution in [2.75, 3.05) is 5.32 Å². The Morgan fingerprint density at radius 3 is 2.89 bits per heavy atom. The molecule has 1 atom stereocenters. The third-order valence-electron chi connectivity index (χ3n) is 2.68. The van der Waals surface area contributed by atoms with Gasteiger partial charge in [-0.2, -0.15) is 0 Å². The van der Waals surface area contributed by atoms with Crippen molar-refractivity contribution in [3.8, 4) is 0 Å². The van der Waals surface area contributed by atoms with Crippen LogP contribution in [0.3, 0.4) is 0 Å². The molecule has 0 amide bonds. The van der Waals surface area contributed by atoms with Gasteiger partial charge in [-0.25, -0.2) is 14.8 Å². The van der Waals surface area contributed by atoms with Crippen LogP contribution < -0.4 is 5.32 Å². The highest BCUT2D eigenvalue weighted by Crippen LogP contribution is 2.23. The fourth-order valence-corrected chi connectivity index (χ4v) is 2.56. The van der Waals surface area contributed by atoms with Crippen molar-refractivity contribution in [1.82, 2.24) is 9.97 Å². The summed E-state index contributed by atoms with van der Waals surface area (Å²) >= 11 is 1.57. The number of rotatable bonds is 5. The maximum atomic E-state index is 11.0. The lowest BCUT2D eigenvalue weighted by Crippen LogP contribution is -2.12. The highest BCUT2D eigenvalue weighted by Gasteiger charge is 2.14. The van der Waals surface area contributed by atoms with Crippen molar-refractivity contribution in [3.63, 3.8) is 0 Å². The number of carbonyl (C=O) groups is 1. The Kier molecular flexibility index (Phi) is 4.11. The summed E-state index contributed by atoms with van der Waals surface area (Å²) in [6, 6.07) is 3.15. The van der Waals surface area contributed by atoms with Gasteiger partial charge in [0.15, 0.2) is 0 Å². The molecule has 1 unspecified atom stereocenters. The average Bonchev–Trinajstić information content (AvgIpc) is 2.89. The molecule has 100 valence electrons. The number of nitrogens with one attached hydrogen (secondary N) is 1. The SMILES string of the molecule is CCC(Nc1cc(C(=O)O)cc(C)n1)c1nccs1. The zero-order chi connectivity index (χ0) is 13.8. The third-order valence-corrected chi connectivity index (χ3v) is 3.57. The molecule has 0 saturated carbocycles. The molecule has 0 aliphatic carbocycles. The van der Waals surface area contributed by atoms with E-state index in [4.69, 9.17) is 5.11 Å². The van der Waals surface area contributed by atoms with Crippen LogP contribution in [0.25, 0.3) is 0 Å². The lowest BCUT2D eigenvalue weighted by molar-refractivity contribution is 0.0696. The number of aryl methyl sites for hydroxylation is 1. The quantitative estimate of drug-likeness (QED) is 0.878. The van der Waals surface area contributed by atoms with E-state index in [9.17, 15) is 4.79 Å². The Morgan fingerprint density at radius 1 is 1.53 bits per heavy atom. The first-order valence-electron chi connectivity index (χ1n) is 5.98. The van der Waals surface area contributed by atoms with E-state index in [0.29, 0.717) is 11.5 Å². The van der Waals surface area contributed by atoms with Crippen LogP contribution >= 0.6 is 11.3 Å². The van der Waals surface area contributed by atoms with E-state index in [1.807, 2.05) is 12.3 Å². The van der Waals surface area contributed by atoms with Gasteiger partial charge in [0.05, 0.1) is 11.6 Å². The van der Waals surface area contributed by atoms with Gasteiger partial charge < -0.3 is 10.4 Å². The van der Waals surface area contributed by atoms with E-state index < -0.39 is 5.97 Å². The van der Waals surface area contributed by atoms with Gasteiger partial charge in [-0.1, -0.05) is 6.92 Å². The van der Waals surface area contributed by atoms with E-state index in [1.165, 1.54) is 0 Å². The second-order valence-electron chi connectivity index (χ2n) is 4.16. The number of anilines is 1. The maximum absolute atomic E-state index is 11.0. The van der Waals surface area contributed by atoms with Gasteiger partial charge in [0.25, 0.3) is 0 Å². The highest BCUT2D eigenvalue weighted by atomic mass is 32.1. The van der Waals surface area contributed by atoms with Gasteiger partial charge >= 0.3 is 5.97 Å². The molecule has 2 aromatic heterocycles. The number of aromatic nitrogens is 2. The molecule has 0 bridgehead atoms. The first-order chi connectivity index (χ1) is 9.10. The predicted molar refractivity (Wildman–Crippen MR) is 74.7 cm³/mol. The van der Waals surface area contributed by atoms with Crippen LogP contribution in [0.2, 0.25) is 0 Å². The molecule has 0 saturated heterocycles. The highest BCUT2D eigenvalue weighted by molar-refractivity contribution is 7.09. The summed E-state index contributed by atoms with van der Waals surface area (Å²) in [7, 11) is 0. The molecular formula is C13H15N3O2S. The van der Waals surface area contributed by atoms with Crippen molar-refractivity contribution >= 4 is 23.1 Å². The molecule has 0 aromatic carbocycles. The van der Waals surface area contributed by atoms with E-state index in [0.717, 1.165) is 11.4 Å². The molecule has 2 heterocycles. The van der Waals surface area contributed by atoms with Gasteiger partial charge in [0, 0.05) is 17.3 Å². The lowest BCUT2D eigenvalue weighted by atomic mass is 10.2. The Bertz CT molecular complexity index is 569. The minimum absolute atomic E-state index is 0.0518. The van der Waals surface area contributed by atoms with Crippen LogP contribution in [0.15, 0.2) is 23.7 Å². The van der Waals surface area contributed by atoms with Gasteiger partial charge in [0.1, 0.15) is 10.8 Å². The number of thiazole rings is 1. The number of hydrogen-bond acceptors (Lipinski definition) is 5. The summed E-state index contributed by atoms with van der Waals surface area (Å²) in [6.07, 6.45) is 2.61. The van der Waals surface area contributed by atoms with Crippen LogP contribution in [-0.2, 0) is 0 Å². The zero-order valence-corrected chi connectivity index (χ0v) is 11.6. The van der Waals surface area contributed by atoms with Crippen LogP contribution in [0.4, 0.5) is 5.82 Å². The minimum atomic E-state index is -0.948. The molecule has 2 rings (SSSR count). The number of pyridine rings is 1. The number of carboxylic acids is 1. The summed E-state index contributed by atoms with van der Waals surface area (Å²) < 4.78 is 0. The largest absolute Gasteiger partial charge is 0.478 e. The van der Waals surface area contributed by atoms with E-state index in [2.05, 4.69) is 15.3 Å². The van der Waals surface area contributed by atoms with Crippen molar-refractivity contribution in [1.29, 1.82) is 0 Å². The fraction of sp³-hybridized carbons (Fsp3) is 0.308. The normalized spacial score (nSPS) is 12.1. The summed E-state index contributed by atoms with van der Waals surface area (Å²) in [4.78, 5) is 19.6. The second-order valence-corrected chi connectivity index (χ2v) is 5.09. The van der Waals surface area contributed by atoms with Gasteiger partial charge in [0.2, 0.25) is 0 Å². The summed E-state index contributed by atoms with van der Waals surface area (Å²) in [5.41, 5.74) is 0.917. The molecule has 5 nitrogen and oxygen atoms in total. The number of carboxylic acid groups (broad SMARTS) is 1. The van der Waals surface area contributed by atoms with Crippen molar-refractivity contribution < 1.29 is 9.90 Å². The Hall–Kier alpha value is -1.95. The molecule has 0 spiro atoms. The predicted octanol–water partition coefficient (Wildman–Crippen LogP) is 3.11. The maximum Gasteiger partial charge on any atom is 0.335 e. The van der Waals surface area contributed by atoms with Gasteiger partial charge in [-0.3, -0.25) is 0 Å². The van der Waals surface area contributed by atoms with Crippen molar-refractivity contribution in [2.45, 2.75) is 26.3 Å². The van der Waals surface area contributed by atoms with Crippen LogP contribution in [0.1, 0.15) is 40.4 Å². The second kappa shape index (κ2) is 5.79. The van der Waals surface area contributed by atoms with E-state index in [1.54, 1.807) is 36.6 Å². The molecule has 2 N–H and O–H groups in total. The molecule has 0 aliphatic heterocycles. The zero-order valence-electron chi connectivity index (χ0n) is 10.8. The molecule has 0 aliphatic rings. The van der Waals surface area contributed by atoms with E-state index >= 15 is 0 Å². The smallest absolute Gasteiger partial charge is 0.335 e. The summed E-state index contributed by atoms with van der Waals surface area (Å²) in [5, 5.41) is 15.2. The molecule has 19 heavy (non-hydrogen) atoms. The first kappa shape index (κ1) is 13.5. The Balaban J connectivity index is 2.24. The number of hydrogen-bond donors (Lipinski definition) is 2. The summed E-state index contributed by atoms with van der Waals surface area (Å²) in [6.45, 7) is 3.83. The van der Waals surface area contributed by atoms with Crippen LogP contribution in [0, 0.1) is 6.92 Å². The van der Waals surface area contributed by atoms with Crippen molar-refractivity contribution in [3.05, 3.63) is 40.0 Å². The lowest BCUT2D eigenvalue weighted by Gasteiger charge is -2.15. The van der Waals surface area contributed by atoms with E-state index in [-0.39, 0.29) is 11.6 Å². The number of aromatic carboxylic acids is 1. The van der Waals surface area contributed by atoms with Gasteiger partial charge in [-0.05, 0) is 25.5 Å². The Morgan fingerprint density at radius 2 is 2.32 bits per heavy atom. The molecule has 0 radical (unpaired) electrons. The van der Waals surface area contributed by atoms with Crippen molar-refractivity contribution in [2.24, 2.45) is 0 Å². The standard InChI is InChI=1S/C13H15N3O2S/c1-3-10(12-14-4-5-19-12)16-11-7-9(13(17)18)6-8(2)15-11/h4-7,10H,3H2,1-2H3,(H,15,16)(H,17,18). The fourth-order valence-electron chi connectivity index (χ4n) is 1.79. The Labute approximate surface area is 115 Å². The van der Waals surface area contributed by atoms with Crippen LogP contribution in [-0.4, -0.2) is 21.0 Å². The average molecular weight is 277 g/mol. The third kappa shape index (κ3) is 3.29. The molecule has 0 fully saturated rings. The monoisotopic (exact) mass is 277 g/mol. The molecular weight excluding hydrogens is 262 g/mol. The molecule has 2 aromatic rings. The van der Waals surface area contributed by atoms with Crippen LogP contribution in [0.5, 0.6) is 0 Å². The topological polar surface area (TPSA) is 75.1 Å².